The number of fused-ring (bicyclic) bond motifs is 3. The molecule has 0 bridgehead atoms. The summed E-state index contributed by atoms with van der Waals surface area (Å²) in [5, 5.41) is 5.05. The Morgan fingerprint density at radius 2 is 1.93 bits per heavy atom. The predicted molar refractivity (Wildman–Crippen MR) is 111 cm³/mol. The van der Waals surface area contributed by atoms with Gasteiger partial charge in [-0.25, -0.2) is 0 Å². The first-order valence-electron chi connectivity index (χ1n) is 10.0. The number of amides is 2. The number of nitrogens with one attached hydrogen (secondary N) is 1. The number of carbonyl (C=O) groups is 2. The van der Waals surface area contributed by atoms with Crippen molar-refractivity contribution in [2.75, 3.05) is 0 Å². The second kappa shape index (κ2) is 7.52. The Hall–Kier alpha value is -2.86. The van der Waals surface area contributed by atoms with Crippen LogP contribution in [0.4, 0.5) is 0 Å². The summed E-state index contributed by atoms with van der Waals surface area (Å²) in [6, 6.07) is 13.1. The Morgan fingerprint density at radius 1 is 1.14 bits per heavy atom. The van der Waals surface area contributed by atoms with Gasteiger partial charge in [0, 0.05) is 28.6 Å². The van der Waals surface area contributed by atoms with Gasteiger partial charge in [-0.15, -0.1) is 11.3 Å². The molecule has 3 heterocycles. The van der Waals surface area contributed by atoms with Gasteiger partial charge in [0.15, 0.2) is 5.76 Å². The molecule has 1 fully saturated rings. The third-order valence-corrected chi connectivity index (χ3v) is 6.85. The molecule has 2 aromatic heterocycles. The van der Waals surface area contributed by atoms with E-state index in [-0.39, 0.29) is 17.9 Å². The molecule has 148 valence electrons. The molecule has 1 aliphatic heterocycles. The topological polar surface area (TPSA) is 62.6 Å². The number of nitrogens with zero attached hydrogens (tertiary/aromatic N) is 1. The highest BCUT2D eigenvalue weighted by Crippen LogP contribution is 2.44. The lowest BCUT2D eigenvalue weighted by Gasteiger charge is -2.34. The highest BCUT2D eigenvalue weighted by atomic mass is 32.1. The minimum absolute atomic E-state index is 0.0544. The molecular weight excluding hydrogens is 384 g/mol. The molecule has 1 atom stereocenters. The van der Waals surface area contributed by atoms with Crippen molar-refractivity contribution in [3.8, 4) is 10.4 Å². The maximum atomic E-state index is 13.5. The van der Waals surface area contributed by atoms with E-state index in [2.05, 4.69) is 5.32 Å². The normalized spacial score (nSPS) is 19.0. The number of furan rings is 1. The van der Waals surface area contributed by atoms with E-state index in [4.69, 9.17) is 4.42 Å². The van der Waals surface area contributed by atoms with Gasteiger partial charge >= 0.3 is 0 Å². The van der Waals surface area contributed by atoms with Crippen molar-refractivity contribution in [3.05, 3.63) is 71.0 Å². The quantitative estimate of drug-likeness (QED) is 0.679. The number of rotatable bonds is 4. The van der Waals surface area contributed by atoms with Gasteiger partial charge in [0.1, 0.15) is 6.04 Å². The summed E-state index contributed by atoms with van der Waals surface area (Å²) >= 11 is 1.55. The van der Waals surface area contributed by atoms with Crippen molar-refractivity contribution in [1.29, 1.82) is 0 Å². The van der Waals surface area contributed by atoms with Gasteiger partial charge in [-0.05, 0) is 35.9 Å². The molecule has 1 aliphatic carbocycles. The minimum atomic E-state index is -0.641. The third kappa shape index (κ3) is 3.17. The van der Waals surface area contributed by atoms with E-state index in [1.54, 1.807) is 22.5 Å². The Kier molecular flexibility index (Phi) is 4.72. The van der Waals surface area contributed by atoms with Crippen LogP contribution in [-0.2, 0) is 11.3 Å². The Morgan fingerprint density at radius 3 is 2.72 bits per heavy atom. The Bertz CT molecular complexity index is 1030. The van der Waals surface area contributed by atoms with Crippen LogP contribution in [0.2, 0.25) is 0 Å². The molecule has 0 spiro atoms. The zero-order chi connectivity index (χ0) is 19.8. The summed E-state index contributed by atoms with van der Waals surface area (Å²) < 4.78 is 5.61. The first kappa shape index (κ1) is 18.2. The number of hydrogen-bond donors (Lipinski definition) is 1. The van der Waals surface area contributed by atoms with Crippen LogP contribution in [-0.4, -0.2) is 22.8 Å². The summed E-state index contributed by atoms with van der Waals surface area (Å²) in [5.41, 5.74) is 2.72. The Balaban J connectivity index is 1.54. The zero-order valence-corrected chi connectivity index (χ0v) is 16.8. The van der Waals surface area contributed by atoms with Crippen LogP contribution in [0.15, 0.2) is 58.5 Å². The average molecular weight is 407 g/mol. The first-order chi connectivity index (χ1) is 14.2. The second-order valence-corrected chi connectivity index (χ2v) is 8.54. The molecular formula is C23H22N2O3S. The molecule has 0 radical (unpaired) electrons. The molecule has 1 unspecified atom stereocenters. The molecule has 1 aromatic carbocycles. The van der Waals surface area contributed by atoms with Crippen molar-refractivity contribution >= 4 is 23.2 Å². The molecule has 29 heavy (non-hydrogen) atoms. The fourth-order valence-corrected chi connectivity index (χ4v) is 5.45. The molecule has 1 saturated carbocycles. The summed E-state index contributed by atoms with van der Waals surface area (Å²) in [5.74, 6) is 0.0260. The van der Waals surface area contributed by atoms with Gasteiger partial charge in [0.25, 0.3) is 5.91 Å². The fourth-order valence-electron chi connectivity index (χ4n) is 4.50. The first-order valence-corrected chi connectivity index (χ1v) is 10.9. The number of hydrogen-bond acceptors (Lipinski definition) is 4. The molecule has 5 nitrogen and oxygen atoms in total. The molecule has 0 saturated heterocycles. The summed E-state index contributed by atoms with van der Waals surface area (Å²) in [6.45, 7) is 0.436. The highest BCUT2D eigenvalue weighted by Gasteiger charge is 2.43. The summed E-state index contributed by atoms with van der Waals surface area (Å²) in [6.07, 6.45) is 5.56. The fraction of sp³-hybridized carbons (Fsp3) is 0.304. The lowest BCUT2D eigenvalue weighted by molar-refractivity contribution is -0.126. The average Bonchev–Trinajstić information content (AvgIpc) is 3.50. The van der Waals surface area contributed by atoms with Crippen LogP contribution in [0.25, 0.3) is 10.4 Å². The molecule has 2 aliphatic rings. The van der Waals surface area contributed by atoms with Crippen LogP contribution in [0.1, 0.15) is 53.4 Å². The smallest absolute Gasteiger partial charge is 0.291 e. The molecule has 3 aromatic rings. The van der Waals surface area contributed by atoms with Crippen LogP contribution in [0.3, 0.4) is 0 Å². The number of carbonyl (C=O) groups excluding carboxylic acids is 2. The van der Waals surface area contributed by atoms with Crippen LogP contribution < -0.4 is 5.32 Å². The van der Waals surface area contributed by atoms with Crippen molar-refractivity contribution in [3.63, 3.8) is 0 Å². The van der Waals surface area contributed by atoms with Crippen LogP contribution >= 0.6 is 11.3 Å². The van der Waals surface area contributed by atoms with Gasteiger partial charge in [-0.1, -0.05) is 43.2 Å². The van der Waals surface area contributed by atoms with Crippen LogP contribution in [0, 0.1) is 0 Å². The monoisotopic (exact) mass is 406 g/mol. The molecule has 5 rings (SSSR count). The van der Waals surface area contributed by atoms with E-state index in [1.807, 2.05) is 47.8 Å². The lowest BCUT2D eigenvalue weighted by Crippen LogP contribution is -2.47. The van der Waals surface area contributed by atoms with E-state index in [9.17, 15) is 9.59 Å². The molecule has 1 N–H and O–H groups in total. The van der Waals surface area contributed by atoms with Gasteiger partial charge in [0.2, 0.25) is 5.91 Å². The van der Waals surface area contributed by atoms with Gasteiger partial charge in [-0.3, -0.25) is 9.59 Å². The van der Waals surface area contributed by atoms with Crippen molar-refractivity contribution in [2.45, 2.75) is 44.3 Å². The number of thiophene rings is 1. The van der Waals surface area contributed by atoms with E-state index in [1.165, 1.54) is 0 Å². The SMILES string of the molecule is O=C(NCc1ccccc1)C1c2ccsc2-c2ccoc2C(=O)N1C1CCCC1. The predicted octanol–water partition coefficient (Wildman–Crippen LogP) is 4.76. The Labute approximate surface area is 173 Å². The van der Waals surface area contributed by atoms with Crippen LogP contribution in [0.5, 0.6) is 0 Å². The number of benzene rings is 1. The summed E-state index contributed by atoms with van der Waals surface area (Å²) in [7, 11) is 0. The standard InChI is InChI=1S/C23H22N2O3S/c26-22(24-14-15-6-2-1-3-7-15)19-17-11-13-29-21(17)18-10-12-28-20(18)23(27)25(19)16-8-4-5-9-16/h1-3,6-7,10-13,16,19H,4-5,8-9,14H2,(H,24,26). The van der Waals surface area contributed by atoms with E-state index in [0.29, 0.717) is 12.3 Å². The van der Waals surface area contributed by atoms with Gasteiger partial charge in [0.05, 0.1) is 6.26 Å². The molecule has 6 heteroatoms. The van der Waals surface area contributed by atoms with E-state index >= 15 is 0 Å². The van der Waals surface area contributed by atoms with Gasteiger partial charge in [-0.2, -0.15) is 0 Å². The van der Waals surface area contributed by atoms with Crippen molar-refractivity contribution in [2.24, 2.45) is 0 Å². The third-order valence-electron chi connectivity index (χ3n) is 5.88. The second-order valence-electron chi connectivity index (χ2n) is 7.63. The van der Waals surface area contributed by atoms with Gasteiger partial charge < -0.3 is 14.6 Å². The molecule has 2 amide bonds. The zero-order valence-electron chi connectivity index (χ0n) is 16.0. The minimum Gasteiger partial charge on any atom is -0.458 e. The maximum absolute atomic E-state index is 13.5. The van der Waals surface area contributed by atoms with E-state index < -0.39 is 6.04 Å². The highest BCUT2D eigenvalue weighted by molar-refractivity contribution is 7.13. The van der Waals surface area contributed by atoms with Crippen molar-refractivity contribution < 1.29 is 14.0 Å². The van der Waals surface area contributed by atoms with E-state index in [0.717, 1.165) is 47.3 Å². The summed E-state index contributed by atoms with van der Waals surface area (Å²) in [4.78, 5) is 29.7. The maximum Gasteiger partial charge on any atom is 0.291 e. The van der Waals surface area contributed by atoms with Crippen molar-refractivity contribution in [1.82, 2.24) is 10.2 Å². The lowest BCUT2D eigenvalue weighted by atomic mass is 10.0. The largest absolute Gasteiger partial charge is 0.458 e.